The van der Waals surface area contributed by atoms with Gasteiger partial charge < -0.3 is 0 Å². The van der Waals surface area contributed by atoms with Crippen molar-refractivity contribution in [3.05, 3.63) is 35.9 Å². The van der Waals surface area contributed by atoms with Gasteiger partial charge in [-0.2, -0.15) is 0 Å². The van der Waals surface area contributed by atoms with Crippen LogP contribution >= 0.6 is 22.6 Å². The van der Waals surface area contributed by atoms with Gasteiger partial charge in [-0.15, -0.1) is 0 Å². The summed E-state index contributed by atoms with van der Waals surface area (Å²) in [7, 11) is 0. The third-order valence-electron chi connectivity index (χ3n) is 2.88. The SMILES string of the molecule is IC(=NC1CCCCC1)c1ccccc1. The monoisotopic (exact) mass is 313 g/mol. The molecule has 80 valence electrons. The van der Waals surface area contributed by atoms with Crippen molar-refractivity contribution in [2.75, 3.05) is 0 Å². The molecule has 0 aliphatic heterocycles. The van der Waals surface area contributed by atoms with E-state index < -0.39 is 0 Å². The van der Waals surface area contributed by atoms with Crippen LogP contribution < -0.4 is 0 Å². The van der Waals surface area contributed by atoms with Gasteiger partial charge in [-0.1, -0.05) is 49.6 Å². The van der Waals surface area contributed by atoms with Crippen molar-refractivity contribution >= 4 is 26.3 Å². The number of nitrogens with zero attached hydrogens (tertiary/aromatic N) is 1. The van der Waals surface area contributed by atoms with Crippen molar-refractivity contribution in [3.8, 4) is 0 Å². The Bertz CT molecular complexity index is 326. The van der Waals surface area contributed by atoms with Crippen molar-refractivity contribution in [2.45, 2.75) is 38.1 Å². The Hall–Kier alpha value is -0.380. The van der Waals surface area contributed by atoms with Gasteiger partial charge in [0.25, 0.3) is 0 Å². The number of hydrogen-bond donors (Lipinski definition) is 0. The molecule has 0 aromatic heterocycles. The smallest absolute Gasteiger partial charge is 0.103 e. The van der Waals surface area contributed by atoms with Crippen LogP contribution in [0.3, 0.4) is 0 Å². The van der Waals surface area contributed by atoms with Gasteiger partial charge in [0.15, 0.2) is 0 Å². The molecular formula is C13H16IN. The van der Waals surface area contributed by atoms with Crippen molar-refractivity contribution in [1.29, 1.82) is 0 Å². The quantitative estimate of drug-likeness (QED) is 0.573. The fraction of sp³-hybridized carbons (Fsp3) is 0.462. The maximum atomic E-state index is 4.81. The average molecular weight is 313 g/mol. The molecule has 1 nitrogen and oxygen atoms in total. The van der Waals surface area contributed by atoms with Crippen molar-refractivity contribution in [1.82, 2.24) is 0 Å². The van der Waals surface area contributed by atoms with Crippen LogP contribution in [0.4, 0.5) is 0 Å². The molecule has 0 unspecified atom stereocenters. The van der Waals surface area contributed by atoms with E-state index in [1.165, 1.54) is 41.4 Å². The number of aliphatic imine (C=N–C) groups is 1. The summed E-state index contributed by atoms with van der Waals surface area (Å²) in [5, 5.41) is 0. The zero-order chi connectivity index (χ0) is 10.5. The van der Waals surface area contributed by atoms with Crippen molar-refractivity contribution in [3.63, 3.8) is 0 Å². The summed E-state index contributed by atoms with van der Waals surface area (Å²) >= 11 is 2.36. The zero-order valence-electron chi connectivity index (χ0n) is 8.82. The van der Waals surface area contributed by atoms with E-state index in [1.54, 1.807) is 0 Å². The second kappa shape index (κ2) is 5.64. The van der Waals surface area contributed by atoms with Gasteiger partial charge in [-0.25, -0.2) is 0 Å². The van der Waals surface area contributed by atoms with Crippen LogP contribution in [0.1, 0.15) is 37.7 Å². The molecule has 15 heavy (non-hydrogen) atoms. The lowest BCUT2D eigenvalue weighted by atomic mass is 9.96. The normalized spacial score (nSPS) is 19.1. The van der Waals surface area contributed by atoms with E-state index >= 15 is 0 Å². The van der Waals surface area contributed by atoms with Gasteiger partial charge >= 0.3 is 0 Å². The molecule has 0 atom stereocenters. The molecule has 0 spiro atoms. The second-order valence-corrected chi connectivity index (χ2v) is 5.10. The molecule has 0 bridgehead atoms. The van der Waals surface area contributed by atoms with E-state index in [1.807, 2.05) is 6.07 Å². The highest BCUT2D eigenvalue weighted by molar-refractivity contribution is 14.1. The first-order chi connectivity index (χ1) is 7.36. The first kappa shape index (κ1) is 11.1. The Kier molecular flexibility index (Phi) is 4.18. The molecule has 0 saturated heterocycles. The largest absolute Gasteiger partial charge is 0.275 e. The molecule has 1 aromatic rings. The summed E-state index contributed by atoms with van der Waals surface area (Å²) < 4.78 is 1.17. The highest BCUT2D eigenvalue weighted by Crippen LogP contribution is 2.22. The van der Waals surface area contributed by atoms with E-state index in [-0.39, 0.29) is 0 Å². The average Bonchev–Trinajstić information content (AvgIpc) is 2.31. The van der Waals surface area contributed by atoms with Crippen LogP contribution in [-0.4, -0.2) is 9.76 Å². The van der Waals surface area contributed by atoms with Crippen LogP contribution in [0.15, 0.2) is 35.3 Å². The molecule has 1 saturated carbocycles. The molecule has 0 amide bonds. The Morgan fingerprint density at radius 3 is 2.40 bits per heavy atom. The summed E-state index contributed by atoms with van der Waals surface area (Å²) in [5.74, 6) is 0. The maximum absolute atomic E-state index is 4.81. The topological polar surface area (TPSA) is 12.4 Å². The lowest BCUT2D eigenvalue weighted by Gasteiger charge is -2.18. The van der Waals surface area contributed by atoms with Gasteiger partial charge in [-0.05, 0) is 35.4 Å². The molecular weight excluding hydrogens is 297 g/mol. The van der Waals surface area contributed by atoms with E-state index in [0.717, 1.165) is 0 Å². The summed E-state index contributed by atoms with van der Waals surface area (Å²) in [6.45, 7) is 0. The van der Waals surface area contributed by atoms with Gasteiger partial charge in [0, 0.05) is 5.56 Å². The predicted molar refractivity (Wildman–Crippen MR) is 73.9 cm³/mol. The van der Waals surface area contributed by atoms with Crippen molar-refractivity contribution in [2.24, 2.45) is 4.99 Å². The molecule has 0 heterocycles. The minimum Gasteiger partial charge on any atom is -0.275 e. The van der Waals surface area contributed by atoms with Crippen LogP contribution in [-0.2, 0) is 0 Å². The van der Waals surface area contributed by atoms with Crippen LogP contribution in [0.25, 0.3) is 0 Å². The standard InChI is InChI=1S/C13H16IN/c14-13(11-7-3-1-4-8-11)15-12-9-5-2-6-10-12/h1,3-4,7-8,12H,2,5-6,9-10H2. The highest BCUT2D eigenvalue weighted by Gasteiger charge is 2.12. The molecule has 2 heteroatoms. The van der Waals surface area contributed by atoms with Gasteiger partial charge in [0.05, 0.1) is 6.04 Å². The number of hydrogen-bond acceptors (Lipinski definition) is 1. The summed E-state index contributed by atoms with van der Waals surface area (Å²) in [5.41, 5.74) is 1.25. The summed E-state index contributed by atoms with van der Waals surface area (Å²) in [6, 6.07) is 11.0. The van der Waals surface area contributed by atoms with Crippen LogP contribution in [0.2, 0.25) is 0 Å². The van der Waals surface area contributed by atoms with Gasteiger partial charge in [0.1, 0.15) is 3.72 Å². The maximum Gasteiger partial charge on any atom is 0.103 e. The van der Waals surface area contributed by atoms with Crippen LogP contribution in [0, 0.1) is 0 Å². The number of rotatable bonds is 2. The molecule has 1 aliphatic rings. The fourth-order valence-electron chi connectivity index (χ4n) is 2.02. The lowest BCUT2D eigenvalue weighted by Crippen LogP contribution is -2.11. The second-order valence-electron chi connectivity index (χ2n) is 4.08. The minimum atomic E-state index is 0.575. The molecule has 0 N–H and O–H groups in total. The van der Waals surface area contributed by atoms with E-state index in [2.05, 4.69) is 46.9 Å². The fourth-order valence-corrected chi connectivity index (χ4v) is 2.77. The van der Waals surface area contributed by atoms with Gasteiger partial charge in [0.2, 0.25) is 0 Å². The Morgan fingerprint density at radius 1 is 1.07 bits per heavy atom. The third kappa shape index (κ3) is 3.30. The minimum absolute atomic E-state index is 0.575. The summed E-state index contributed by atoms with van der Waals surface area (Å²) in [6.07, 6.45) is 6.66. The first-order valence-corrected chi connectivity index (χ1v) is 6.73. The summed E-state index contributed by atoms with van der Waals surface area (Å²) in [4.78, 5) is 4.81. The molecule has 1 aromatic carbocycles. The van der Waals surface area contributed by atoms with Crippen LogP contribution in [0.5, 0.6) is 0 Å². The Balaban J connectivity index is 2.06. The molecule has 1 fully saturated rings. The van der Waals surface area contributed by atoms with Crippen molar-refractivity contribution < 1.29 is 0 Å². The Morgan fingerprint density at radius 2 is 1.73 bits per heavy atom. The zero-order valence-corrected chi connectivity index (χ0v) is 11.0. The lowest BCUT2D eigenvalue weighted by molar-refractivity contribution is 0.444. The molecule has 2 rings (SSSR count). The number of benzene rings is 1. The number of halogens is 1. The van der Waals surface area contributed by atoms with E-state index in [9.17, 15) is 0 Å². The molecule has 0 radical (unpaired) electrons. The highest BCUT2D eigenvalue weighted by atomic mass is 127. The predicted octanol–water partition coefficient (Wildman–Crippen LogP) is 4.20. The first-order valence-electron chi connectivity index (χ1n) is 5.65. The molecule has 1 aliphatic carbocycles. The third-order valence-corrected chi connectivity index (χ3v) is 3.78. The van der Waals surface area contributed by atoms with E-state index in [0.29, 0.717) is 6.04 Å². The van der Waals surface area contributed by atoms with Gasteiger partial charge in [-0.3, -0.25) is 4.99 Å². The Labute approximate surface area is 105 Å². The van der Waals surface area contributed by atoms with E-state index in [4.69, 9.17) is 4.99 Å².